The van der Waals surface area contributed by atoms with Crippen molar-refractivity contribution in [2.45, 2.75) is 105 Å². The minimum absolute atomic E-state index is 0.0569. The number of hydrogen-bond donors (Lipinski definition) is 3. The summed E-state index contributed by atoms with van der Waals surface area (Å²) in [6.07, 6.45) is 8.74. The summed E-state index contributed by atoms with van der Waals surface area (Å²) >= 11 is 0. The van der Waals surface area contributed by atoms with Gasteiger partial charge in [0.05, 0.1) is 74.8 Å². The number of para-hydroxylation sites is 3. The van der Waals surface area contributed by atoms with Crippen LogP contribution < -0.4 is 14.2 Å². The second-order valence-corrected chi connectivity index (χ2v) is 29.2. The molecule has 103 heavy (non-hydrogen) atoms. The first-order valence-corrected chi connectivity index (χ1v) is 35.9. The molecule has 0 spiro atoms. The SMILES string of the molecule is COC1(C)CCC(COc2ccc(C)c3nc(-c4oc5ccccc5c4C)cc(C(=O)O)c23)CC1.Cc1c(-c2cc(C(=O)O)c3c(OCC4[C@@H]5CC[C@H]4COC5)ccc(C)c3n2)oc2ccccc12.Cc1c(-c2cc(C(=O)O)c3c(OCC4[C@@H]5CC[C@H]4COC5)ccc(C)c3n2)oc2ccccc12. The van der Waals surface area contributed by atoms with Gasteiger partial charge < -0.3 is 57.0 Å². The molecule has 0 amide bonds. The minimum atomic E-state index is -1.02. The van der Waals surface area contributed by atoms with Gasteiger partial charge >= 0.3 is 17.9 Å². The monoisotopic (exact) mass is 1390 g/mol. The van der Waals surface area contributed by atoms with Gasteiger partial charge in [0.15, 0.2) is 17.3 Å². The van der Waals surface area contributed by atoms with Crippen molar-refractivity contribution in [2.75, 3.05) is 53.4 Å². The molecule has 530 valence electrons. The van der Waals surface area contributed by atoms with Crippen LogP contribution in [-0.2, 0) is 14.2 Å². The van der Waals surface area contributed by atoms with Crippen LogP contribution in [0.2, 0.25) is 0 Å². The van der Waals surface area contributed by atoms with Gasteiger partial charge in [-0.15, -0.1) is 0 Å². The van der Waals surface area contributed by atoms with Crippen LogP contribution in [0, 0.1) is 83.0 Å². The molecule has 3 N–H and O–H groups in total. The van der Waals surface area contributed by atoms with E-state index in [4.69, 9.17) is 56.6 Å². The number of pyridine rings is 3. The Labute approximate surface area is 596 Å². The van der Waals surface area contributed by atoms with Crippen molar-refractivity contribution in [1.82, 2.24) is 15.0 Å². The summed E-state index contributed by atoms with van der Waals surface area (Å²) in [5, 5.41) is 35.1. The van der Waals surface area contributed by atoms with Crippen molar-refractivity contribution in [2.24, 2.45) is 41.4 Å². The smallest absolute Gasteiger partial charge is 0.336 e. The number of carbonyl (C=O) groups is 3. The van der Waals surface area contributed by atoms with Gasteiger partial charge in [-0.2, -0.15) is 0 Å². The molecule has 4 bridgehead atoms. The molecule has 2 unspecified atom stereocenters. The summed E-state index contributed by atoms with van der Waals surface area (Å²) in [7, 11) is 1.77. The molecule has 5 fully saturated rings. The van der Waals surface area contributed by atoms with Gasteiger partial charge in [0, 0.05) is 78.2 Å². The van der Waals surface area contributed by atoms with Crippen LogP contribution in [0.15, 0.2) is 141 Å². The highest BCUT2D eigenvalue weighted by molar-refractivity contribution is 6.10. The number of benzene rings is 6. The van der Waals surface area contributed by atoms with Crippen LogP contribution in [0.25, 0.3) is 100.0 Å². The number of fused-ring (bicyclic) bond motifs is 10. The van der Waals surface area contributed by atoms with E-state index in [0.717, 1.165) is 118 Å². The van der Waals surface area contributed by atoms with E-state index in [1.54, 1.807) is 25.3 Å². The molecule has 18 heteroatoms. The molecular formula is C85H85N3O15. The second-order valence-electron chi connectivity index (χ2n) is 29.2. The third kappa shape index (κ3) is 13.1. The van der Waals surface area contributed by atoms with E-state index in [1.807, 2.05) is 151 Å². The molecule has 5 aliphatic rings. The van der Waals surface area contributed by atoms with Gasteiger partial charge in [0.1, 0.15) is 51.1 Å². The summed E-state index contributed by atoms with van der Waals surface area (Å²) in [5.41, 5.74) is 11.6. The van der Waals surface area contributed by atoms with E-state index in [0.29, 0.717) is 146 Å². The standard InChI is InChI=1S/C29H31NO5.2C28H27NO5/c1-17-9-10-24(34-16-19-11-13-29(3,33-4)14-12-19)25-21(28(31)32)15-22(30-26(17)25)27-18(2)20-7-5-6-8-23(20)35-27;2*1-15-7-10-24(33-14-21-17-8-9-18(21)13-32-12-17)25-20(28(30)31)11-22(29-26(15)25)27-16(2)19-5-3-4-6-23(19)34-27/h5-10,15,19H,11-14,16H2,1-4H3,(H,31,32);2*3-7,10-11,17-18,21H,8-9,12-14H2,1-2H3,(H,30,31)/t;2*17-,18+,21?. The fourth-order valence-corrected chi connectivity index (χ4v) is 16.6. The van der Waals surface area contributed by atoms with E-state index in [1.165, 1.54) is 25.7 Å². The van der Waals surface area contributed by atoms with Gasteiger partial charge in [-0.05, 0) is 201 Å². The van der Waals surface area contributed by atoms with Gasteiger partial charge in [0.25, 0.3) is 0 Å². The van der Waals surface area contributed by atoms with Crippen LogP contribution in [0.4, 0.5) is 0 Å². The first-order valence-electron chi connectivity index (χ1n) is 35.9. The predicted molar refractivity (Wildman–Crippen MR) is 395 cm³/mol. The normalized spacial score (nSPS) is 21.4. The van der Waals surface area contributed by atoms with Crippen molar-refractivity contribution in [3.05, 3.63) is 177 Å². The Morgan fingerprint density at radius 3 is 1.05 bits per heavy atom. The van der Waals surface area contributed by atoms with Crippen molar-refractivity contribution in [3.63, 3.8) is 0 Å². The number of rotatable bonds is 16. The Balaban J connectivity index is 0.000000125. The molecule has 3 aliphatic carbocycles. The Bertz CT molecular complexity index is 5040. The second kappa shape index (κ2) is 28.2. The number of carboxylic acids is 3. The molecule has 6 atom stereocenters. The lowest BCUT2D eigenvalue weighted by Crippen LogP contribution is -2.34. The largest absolute Gasteiger partial charge is 0.493 e. The molecule has 12 aromatic rings. The maximum atomic E-state index is 12.4. The molecule has 6 aromatic heterocycles. The van der Waals surface area contributed by atoms with Gasteiger partial charge in [-0.3, -0.25) is 0 Å². The molecular weight excluding hydrogens is 1300 g/mol. The number of hydrogen-bond acceptors (Lipinski definition) is 15. The van der Waals surface area contributed by atoms with Gasteiger partial charge in [0.2, 0.25) is 0 Å². The topological polar surface area (TPSA) is 245 Å². The number of ether oxygens (including phenoxy) is 6. The molecule has 3 saturated carbocycles. The molecule has 8 heterocycles. The van der Waals surface area contributed by atoms with Crippen molar-refractivity contribution < 1.29 is 71.4 Å². The summed E-state index contributed by atoms with van der Waals surface area (Å²) in [6.45, 7) is 18.8. The lowest BCUT2D eigenvalue weighted by atomic mass is 9.80. The average Bonchev–Trinajstić information content (AvgIpc) is 1.74. The number of methoxy groups -OCH3 is 1. The first kappa shape index (κ1) is 68.6. The first-order chi connectivity index (χ1) is 49.8. The zero-order valence-electron chi connectivity index (χ0n) is 59.4. The third-order valence-electron chi connectivity index (χ3n) is 22.9. The highest BCUT2D eigenvalue weighted by Crippen LogP contribution is 2.46. The number of aromatic carboxylic acids is 3. The molecule has 2 aliphatic heterocycles. The fourth-order valence-electron chi connectivity index (χ4n) is 16.6. The zero-order valence-corrected chi connectivity index (χ0v) is 59.4. The lowest BCUT2D eigenvalue weighted by molar-refractivity contribution is -0.0377. The number of nitrogens with zero attached hydrogens (tertiary/aromatic N) is 3. The predicted octanol–water partition coefficient (Wildman–Crippen LogP) is 19.0. The van der Waals surface area contributed by atoms with Crippen molar-refractivity contribution in [3.8, 4) is 51.6 Å². The van der Waals surface area contributed by atoms with Crippen molar-refractivity contribution >= 4 is 83.5 Å². The minimum Gasteiger partial charge on any atom is -0.493 e. The van der Waals surface area contributed by atoms with Crippen LogP contribution >= 0.6 is 0 Å². The van der Waals surface area contributed by atoms with Crippen molar-refractivity contribution in [1.29, 1.82) is 0 Å². The highest BCUT2D eigenvalue weighted by Gasteiger charge is 2.42. The van der Waals surface area contributed by atoms with Crippen LogP contribution in [0.1, 0.15) is 123 Å². The zero-order chi connectivity index (χ0) is 71.5. The third-order valence-corrected chi connectivity index (χ3v) is 22.9. The van der Waals surface area contributed by atoms with E-state index in [2.05, 4.69) is 6.92 Å². The summed E-state index contributed by atoms with van der Waals surface area (Å²) in [5.74, 6) is 3.84. The van der Waals surface area contributed by atoms with E-state index < -0.39 is 17.9 Å². The Kier molecular flexibility index (Phi) is 18.8. The summed E-state index contributed by atoms with van der Waals surface area (Å²) < 4.78 is 54.3. The van der Waals surface area contributed by atoms with E-state index in [9.17, 15) is 29.7 Å². The number of aryl methyl sites for hydroxylation is 6. The molecule has 17 rings (SSSR count). The van der Waals surface area contributed by atoms with Crippen LogP contribution in [0.5, 0.6) is 17.2 Å². The Hall–Kier alpha value is -10.1. The van der Waals surface area contributed by atoms with Gasteiger partial charge in [-0.25, -0.2) is 29.3 Å². The molecule has 18 nitrogen and oxygen atoms in total. The highest BCUT2D eigenvalue weighted by atomic mass is 16.5. The molecule has 0 radical (unpaired) electrons. The summed E-state index contributed by atoms with van der Waals surface area (Å²) in [4.78, 5) is 51.9. The maximum Gasteiger partial charge on any atom is 0.336 e. The number of aromatic nitrogens is 3. The Morgan fingerprint density at radius 2 is 0.748 bits per heavy atom. The Morgan fingerprint density at radius 1 is 0.437 bits per heavy atom. The quantitative estimate of drug-likeness (QED) is 0.0814. The number of carboxylic acid groups (broad SMARTS) is 3. The van der Waals surface area contributed by atoms with Crippen LogP contribution in [-0.4, -0.2) is 107 Å². The fraction of sp³-hybridized carbons (Fsp3) is 0.365. The van der Waals surface area contributed by atoms with Crippen LogP contribution in [0.3, 0.4) is 0 Å². The average molecular weight is 1390 g/mol. The van der Waals surface area contributed by atoms with Gasteiger partial charge in [-0.1, -0.05) is 72.8 Å². The molecule has 6 aromatic carbocycles. The summed E-state index contributed by atoms with van der Waals surface area (Å²) in [6, 6.07) is 39.6. The molecule has 2 saturated heterocycles. The van der Waals surface area contributed by atoms with E-state index >= 15 is 0 Å². The number of furan rings is 3. The maximum absolute atomic E-state index is 12.4. The lowest BCUT2D eigenvalue weighted by Gasteiger charge is -2.36. The van der Waals surface area contributed by atoms with E-state index in [-0.39, 0.29) is 22.3 Å².